The molecule has 2 aromatic heterocycles. The summed E-state index contributed by atoms with van der Waals surface area (Å²) in [6.07, 6.45) is 2.79. The Labute approximate surface area is 209 Å². The third-order valence-electron chi connectivity index (χ3n) is 6.36. The number of benzene rings is 2. The van der Waals surface area contributed by atoms with Crippen molar-refractivity contribution in [3.8, 4) is 11.4 Å². The quantitative estimate of drug-likeness (QED) is 0.347. The lowest BCUT2D eigenvalue weighted by molar-refractivity contribution is -0.00521. The van der Waals surface area contributed by atoms with Gasteiger partial charge in [-0.3, -0.25) is 4.79 Å². The molecule has 2 aromatic carbocycles. The molecular formula is C27H30ClN5O2. The van der Waals surface area contributed by atoms with E-state index < -0.39 is 0 Å². The zero-order valence-electron chi connectivity index (χ0n) is 20.2. The predicted molar refractivity (Wildman–Crippen MR) is 143 cm³/mol. The van der Waals surface area contributed by atoms with Gasteiger partial charge in [0.25, 0.3) is 5.56 Å². The lowest BCUT2D eigenvalue weighted by atomic mass is 10.1. The third kappa shape index (κ3) is 5.06. The molecule has 0 aliphatic carbocycles. The number of H-pyrrole nitrogens is 2. The summed E-state index contributed by atoms with van der Waals surface area (Å²) in [7, 11) is 0. The normalized spacial score (nSPS) is 18.2. The number of aryl methyl sites for hydroxylation is 1. The van der Waals surface area contributed by atoms with Crippen LogP contribution in [0.4, 0.5) is 11.4 Å². The van der Waals surface area contributed by atoms with Crippen LogP contribution in [0.1, 0.15) is 25.0 Å². The molecule has 3 N–H and O–H groups in total. The van der Waals surface area contributed by atoms with Gasteiger partial charge in [0.05, 0.1) is 28.9 Å². The van der Waals surface area contributed by atoms with Crippen LogP contribution in [0, 0.1) is 6.92 Å². The van der Waals surface area contributed by atoms with E-state index >= 15 is 0 Å². The molecule has 0 saturated carbocycles. The van der Waals surface area contributed by atoms with Crippen molar-refractivity contribution in [2.24, 2.45) is 0 Å². The lowest BCUT2D eigenvalue weighted by Gasteiger charge is -2.37. The van der Waals surface area contributed by atoms with Gasteiger partial charge >= 0.3 is 0 Å². The van der Waals surface area contributed by atoms with Crippen LogP contribution in [0.2, 0.25) is 5.02 Å². The monoisotopic (exact) mass is 491 g/mol. The minimum Gasteiger partial charge on any atom is -0.384 e. The topological polar surface area (TPSA) is 86.0 Å². The number of aromatic amines is 2. The fraction of sp³-hybridized carbons (Fsp3) is 0.333. The summed E-state index contributed by atoms with van der Waals surface area (Å²) >= 11 is 6.11. The number of pyridine rings is 1. The van der Waals surface area contributed by atoms with Gasteiger partial charge in [0.15, 0.2) is 0 Å². The molecule has 5 rings (SSSR count). The van der Waals surface area contributed by atoms with E-state index in [4.69, 9.17) is 21.3 Å². The Morgan fingerprint density at radius 2 is 1.97 bits per heavy atom. The molecule has 2 atom stereocenters. The Balaban J connectivity index is 1.44. The molecule has 0 spiro atoms. The fourth-order valence-electron chi connectivity index (χ4n) is 4.86. The van der Waals surface area contributed by atoms with Gasteiger partial charge in [-0.1, -0.05) is 23.7 Å². The number of nitrogens with one attached hydrogen (secondary N) is 3. The van der Waals surface area contributed by atoms with Gasteiger partial charge in [-0.05, 0) is 68.7 Å². The average Bonchev–Trinajstić information content (AvgIpc) is 3.23. The number of halogens is 1. The number of ether oxygens (including phenoxy) is 1. The van der Waals surface area contributed by atoms with E-state index in [9.17, 15) is 4.79 Å². The first-order valence-electron chi connectivity index (χ1n) is 12.0. The van der Waals surface area contributed by atoms with E-state index in [2.05, 4.69) is 53.1 Å². The van der Waals surface area contributed by atoms with E-state index in [0.717, 1.165) is 58.1 Å². The van der Waals surface area contributed by atoms with E-state index in [1.165, 1.54) is 0 Å². The number of hydrogen-bond acceptors (Lipinski definition) is 5. The van der Waals surface area contributed by atoms with Gasteiger partial charge in [0.1, 0.15) is 11.4 Å². The van der Waals surface area contributed by atoms with Crippen molar-refractivity contribution in [3.05, 3.63) is 75.2 Å². The maximum absolute atomic E-state index is 12.9. The summed E-state index contributed by atoms with van der Waals surface area (Å²) in [5, 5.41) is 4.13. The van der Waals surface area contributed by atoms with Crippen LogP contribution in [-0.2, 0) is 11.2 Å². The van der Waals surface area contributed by atoms with Crippen molar-refractivity contribution >= 4 is 34.0 Å². The summed E-state index contributed by atoms with van der Waals surface area (Å²) in [5.74, 6) is 0.552. The maximum atomic E-state index is 12.9. The fourth-order valence-corrected chi connectivity index (χ4v) is 5.07. The van der Waals surface area contributed by atoms with Gasteiger partial charge in [-0.2, -0.15) is 0 Å². The molecule has 182 valence electrons. The SMILES string of the molecule is Cc1cc(N2C[C@@H](C)O[C@@H](C)C2)cc2[nH]c(-c3c(NCCc4cccc(Cl)c4)cc[nH]c3=O)nc12. The van der Waals surface area contributed by atoms with Gasteiger partial charge in [-0.15, -0.1) is 0 Å². The molecule has 8 heteroatoms. The first-order chi connectivity index (χ1) is 16.9. The first kappa shape index (κ1) is 23.5. The lowest BCUT2D eigenvalue weighted by Crippen LogP contribution is -2.45. The van der Waals surface area contributed by atoms with Crippen LogP contribution in [-0.4, -0.2) is 46.8 Å². The number of anilines is 2. The highest BCUT2D eigenvalue weighted by atomic mass is 35.5. The molecule has 1 saturated heterocycles. The second kappa shape index (κ2) is 9.76. The second-order valence-corrected chi connectivity index (χ2v) is 9.75. The Kier molecular flexibility index (Phi) is 6.54. The number of hydrogen-bond donors (Lipinski definition) is 3. The highest BCUT2D eigenvalue weighted by Crippen LogP contribution is 2.30. The van der Waals surface area contributed by atoms with Gasteiger partial charge in [0, 0.05) is 36.5 Å². The molecule has 35 heavy (non-hydrogen) atoms. The van der Waals surface area contributed by atoms with Crippen molar-refractivity contribution in [3.63, 3.8) is 0 Å². The molecule has 0 radical (unpaired) electrons. The highest BCUT2D eigenvalue weighted by molar-refractivity contribution is 6.30. The molecule has 7 nitrogen and oxygen atoms in total. The summed E-state index contributed by atoms with van der Waals surface area (Å²) in [6, 6.07) is 14.0. The van der Waals surface area contributed by atoms with Crippen molar-refractivity contribution < 1.29 is 4.74 Å². The average molecular weight is 492 g/mol. The molecule has 1 aliphatic heterocycles. The molecule has 0 unspecified atom stereocenters. The summed E-state index contributed by atoms with van der Waals surface area (Å²) in [5.41, 5.74) is 6.17. The van der Waals surface area contributed by atoms with Crippen molar-refractivity contribution in [2.45, 2.75) is 39.4 Å². The number of aromatic nitrogens is 3. The van der Waals surface area contributed by atoms with E-state index in [1.54, 1.807) is 6.20 Å². The number of fused-ring (bicyclic) bond motifs is 1. The molecule has 3 heterocycles. The van der Waals surface area contributed by atoms with Gasteiger partial charge < -0.3 is 24.9 Å². The van der Waals surface area contributed by atoms with E-state index in [1.807, 2.05) is 30.3 Å². The number of imidazole rings is 1. The van der Waals surface area contributed by atoms with Crippen LogP contribution >= 0.6 is 11.6 Å². The molecule has 0 bridgehead atoms. The van der Waals surface area contributed by atoms with Crippen molar-refractivity contribution in [1.82, 2.24) is 15.0 Å². The minimum absolute atomic E-state index is 0.176. The largest absolute Gasteiger partial charge is 0.384 e. The van der Waals surface area contributed by atoms with Crippen LogP contribution in [0.15, 0.2) is 53.5 Å². The second-order valence-electron chi connectivity index (χ2n) is 9.31. The van der Waals surface area contributed by atoms with Crippen LogP contribution in [0.25, 0.3) is 22.4 Å². The van der Waals surface area contributed by atoms with Gasteiger partial charge in [-0.25, -0.2) is 4.98 Å². The molecule has 4 aromatic rings. The Morgan fingerprint density at radius 1 is 1.17 bits per heavy atom. The Bertz CT molecular complexity index is 1400. The smallest absolute Gasteiger partial charge is 0.261 e. The maximum Gasteiger partial charge on any atom is 0.261 e. The van der Waals surface area contributed by atoms with Crippen LogP contribution in [0.3, 0.4) is 0 Å². The van der Waals surface area contributed by atoms with Crippen LogP contribution < -0.4 is 15.8 Å². The third-order valence-corrected chi connectivity index (χ3v) is 6.60. The zero-order valence-corrected chi connectivity index (χ0v) is 20.9. The summed E-state index contributed by atoms with van der Waals surface area (Å²) in [6.45, 7) is 8.61. The Morgan fingerprint density at radius 3 is 2.74 bits per heavy atom. The summed E-state index contributed by atoms with van der Waals surface area (Å²) < 4.78 is 5.90. The molecular weight excluding hydrogens is 462 g/mol. The summed E-state index contributed by atoms with van der Waals surface area (Å²) in [4.78, 5) is 26.2. The molecule has 0 amide bonds. The van der Waals surface area contributed by atoms with Gasteiger partial charge in [0.2, 0.25) is 0 Å². The van der Waals surface area contributed by atoms with Crippen LogP contribution in [0.5, 0.6) is 0 Å². The Hall–Kier alpha value is -3.29. The zero-order chi connectivity index (χ0) is 24.5. The predicted octanol–water partition coefficient (Wildman–Crippen LogP) is 5.15. The standard InChI is InChI=1S/C27H30ClN5O2/c1-16-11-21(33-14-17(2)35-18(3)15-33)13-23-25(16)32-26(31-23)24-22(8-10-30-27(24)34)29-9-7-19-5-4-6-20(28)12-19/h4-6,8,10-13,17-18H,7,9,14-15H2,1-3H3,(H,31,32)(H2,29,30,34)/t17-,18+. The highest BCUT2D eigenvalue weighted by Gasteiger charge is 2.23. The number of nitrogens with zero attached hydrogens (tertiary/aromatic N) is 2. The number of rotatable bonds is 6. The van der Waals surface area contributed by atoms with E-state index in [-0.39, 0.29) is 17.8 Å². The van der Waals surface area contributed by atoms with E-state index in [0.29, 0.717) is 17.9 Å². The minimum atomic E-state index is -0.189. The van der Waals surface area contributed by atoms with Crippen molar-refractivity contribution in [1.29, 1.82) is 0 Å². The molecule has 1 aliphatic rings. The first-order valence-corrected chi connectivity index (χ1v) is 12.4. The van der Waals surface area contributed by atoms with Crippen molar-refractivity contribution in [2.75, 3.05) is 29.9 Å². The number of morpholine rings is 1. The molecule has 1 fully saturated rings.